The van der Waals surface area contributed by atoms with E-state index in [9.17, 15) is 19.2 Å². The van der Waals surface area contributed by atoms with Crippen LogP contribution in [0, 0.1) is 0 Å². The molecule has 0 rings (SSSR count). The Morgan fingerprint density at radius 1 is 1.10 bits per heavy atom. The van der Waals surface area contributed by atoms with Crippen molar-refractivity contribution in [1.29, 1.82) is 0 Å². The Labute approximate surface area is 120 Å². The first-order chi connectivity index (χ1) is 9.68. The molecule has 0 aliphatic heterocycles. The first kappa shape index (κ1) is 18.8. The van der Waals surface area contributed by atoms with Gasteiger partial charge in [0.1, 0.15) is 18.1 Å². The lowest BCUT2D eigenvalue weighted by Crippen LogP contribution is -2.54. The van der Waals surface area contributed by atoms with E-state index in [2.05, 4.69) is 10.6 Å². The first-order valence-corrected chi connectivity index (χ1v) is 6.10. The van der Waals surface area contributed by atoms with Gasteiger partial charge in [-0.2, -0.15) is 0 Å². The molecule has 2 amide bonds. The summed E-state index contributed by atoms with van der Waals surface area (Å²) in [6.45, 7) is 0.570. The average molecular weight is 305 g/mol. The SMILES string of the molecule is C[C@H](NC(=O)[C@H](CCC(=O)O)NC(=O)[C@@H](N)CO)C(=O)O. The second-order valence-electron chi connectivity index (χ2n) is 4.35. The van der Waals surface area contributed by atoms with E-state index < -0.39 is 54.9 Å². The molecule has 0 aromatic rings. The molecule has 21 heavy (non-hydrogen) atoms. The van der Waals surface area contributed by atoms with Gasteiger partial charge < -0.3 is 31.7 Å². The van der Waals surface area contributed by atoms with Crippen molar-refractivity contribution in [3.63, 3.8) is 0 Å². The molecule has 0 saturated carbocycles. The number of nitrogens with two attached hydrogens (primary N) is 1. The Hall–Kier alpha value is -2.20. The Bertz CT molecular complexity index is 413. The number of aliphatic carboxylic acids is 2. The molecule has 0 unspecified atom stereocenters. The smallest absolute Gasteiger partial charge is 0.325 e. The molecule has 0 aliphatic carbocycles. The summed E-state index contributed by atoms with van der Waals surface area (Å²) in [7, 11) is 0. The minimum absolute atomic E-state index is 0.239. The molecule has 0 saturated heterocycles. The zero-order chi connectivity index (χ0) is 16.6. The molecular weight excluding hydrogens is 286 g/mol. The third-order valence-electron chi connectivity index (χ3n) is 2.54. The molecule has 0 fully saturated rings. The maximum absolute atomic E-state index is 11.8. The fraction of sp³-hybridized carbons (Fsp3) is 0.636. The number of aliphatic hydroxyl groups is 1. The normalized spacial score (nSPS) is 14.6. The molecule has 0 bridgehead atoms. The Morgan fingerprint density at radius 3 is 2.10 bits per heavy atom. The Balaban J connectivity index is 4.79. The van der Waals surface area contributed by atoms with Crippen molar-refractivity contribution in [2.24, 2.45) is 5.73 Å². The van der Waals surface area contributed by atoms with E-state index in [1.54, 1.807) is 0 Å². The molecule has 10 nitrogen and oxygen atoms in total. The zero-order valence-corrected chi connectivity index (χ0v) is 11.4. The number of hydrogen-bond donors (Lipinski definition) is 6. The molecule has 0 aliphatic rings. The van der Waals surface area contributed by atoms with Crippen LogP contribution in [0.2, 0.25) is 0 Å². The summed E-state index contributed by atoms with van der Waals surface area (Å²) in [5.74, 6) is -4.14. The number of carboxylic acid groups (broad SMARTS) is 2. The third-order valence-corrected chi connectivity index (χ3v) is 2.54. The van der Waals surface area contributed by atoms with Gasteiger partial charge >= 0.3 is 11.9 Å². The van der Waals surface area contributed by atoms with Crippen LogP contribution in [-0.2, 0) is 19.2 Å². The third kappa shape index (κ3) is 7.22. The number of carbonyl (C=O) groups excluding carboxylic acids is 2. The highest BCUT2D eigenvalue weighted by molar-refractivity contribution is 5.91. The highest BCUT2D eigenvalue weighted by Crippen LogP contribution is 2.00. The predicted molar refractivity (Wildman–Crippen MR) is 69.1 cm³/mol. The van der Waals surface area contributed by atoms with E-state index in [0.717, 1.165) is 0 Å². The van der Waals surface area contributed by atoms with Gasteiger partial charge in [-0.25, -0.2) is 0 Å². The summed E-state index contributed by atoms with van der Waals surface area (Å²) in [6, 6.07) is -3.72. The molecule has 0 radical (unpaired) electrons. The van der Waals surface area contributed by atoms with E-state index in [1.807, 2.05) is 0 Å². The van der Waals surface area contributed by atoms with Crippen molar-refractivity contribution in [3.05, 3.63) is 0 Å². The summed E-state index contributed by atoms with van der Waals surface area (Å²) in [5.41, 5.74) is 5.27. The number of aliphatic hydroxyl groups excluding tert-OH is 1. The maximum Gasteiger partial charge on any atom is 0.325 e. The number of rotatable bonds is 9. The highest BCUT2D eigenvalue weighted by atomic mass is 16.4. The lowest BCUT2D eigenvalue weighted by Gasteiger charge is -2.20. The van der Waals surface area contributed by atoms with Crippen molar-refractivity contribution in [1.82, 2.24) is 10.6 Å². The van der Waals surface area contributed by atoms with Crippen LogP contribution in [-0.4, -0.2) is 63.8 Å². The number of nitrogens with one attached hydrogen (secondary N) is 2. The quantitative estimate of drug-likeness (QED) is 0.265. The largest absolute Gasteiger partial charge is 0.481 e. The minimum Gasteiger partial charge on any atom is -0.481 e. The van der Waals surface area contributed by atoms with Gasteiger partial charge in [-0.05, 0) is 13.3 Å². The van der Waals surface area contributed by atoms with Gasteiger partial charge in [0, 0.05) is 6.42 Å². The van der Waals surface area contributed by atoms with E-state index >= 15 is 0 Å². The number of carboxylic acids is 2. The molecule has 0 aromatic carbocycles. The standard InChI is InChI=1S/C11H19N3O7/c1-5(11(20)21)13-10(19)7(2-3-8(16)17)14-9(18)6(12)4-15/h5-7,15H,2-4,12H2,1H3,(H,13,19)(H,14,18)(H,16,17)(H,20,21)/t5-,6-,7-/m0/s1. The van der Waals surface area contributed by atoms with Crippen LogP contribution in [0.25, 0.3) is 0 Å². The molecule has 0 spiro atoms. The molecule has 0 heterocycles. The molecule has 7 N–H and O–H groups in total. The lowest BCUT2D eigenvalue weighted by atomic mass is 10.1. The van der Waals surface area contributed by atoms with Gasteiger partial charge in [0.25, 0.3) is 0 Å². The van der Waals surface area contributed by atoms with Crippen molar-refractivity contribution < 1.29 is 34.5 Å². The van der Waals surface area contributed by atoms with Gasteiger partial charge in [0.2, 0.25) is 11.8 Å². The van der Waals surface area contributed by atoms with Crippen LogP contribution in [0.4, 0.5) is 0 Å². The maximum atomic E-state index is 11.8. The monoisotopic (exact) mass is 305 g/mol. The Kier molecular flexibility index (Phi) is 7.94. The number of amides is 2. The van der Waals surface area contributed by atoms with Crippen LogP contribution in [0.5, 0.6) is 0 Å². The average Bonchev–Trinajstić information content (AvgIpc) is 2.41. The minimum atomic E-state index is -1.28. The summed E-state index contributed by atoms with van der Waals surface area (Å²) >= 11 is 0. The molecule has 3 atom stereocenters. The van der Waals surface area contributed by atoms with E-state index in [0.29, 0.717) is 0 Å². The van der Waals surface area contributed by atoms with Gasteiger partial charge in [-0.15, -0.1) is 0 Å². The topological polar surface area (TPSA) is 179 Å². The van der Waals surface area contributed by atoms with E-state index in [1.165, 1.54) is 6.92 Å². The van der Waals surface area contributed by atoms with Gasteiger partial charge in [-0.3, -0.25) is 19.2 Å². The van der Waals surface area contributed by atoms with E-state index in [4.69, 9.17) is 21.1 Å². The molecule has 0 aromatic heterocycles. The van der Waals surface area contributed by atoms with Crippen molar-refractivity contribution >= 4 is 23.8 Å². The molecule has 10 heteroatoms. The molecule has 120 valence electrons. The predicted octanol–water partition coefficient (Wildman–Crippen LogP) is -2.76. The Morgan fingerprint density at radius 2 is 1.67 bits per heavy atom. The van der Waals surface area contributed by atoms with Gasteiger partial charge in [-0.1, -0.05) is 0 Å². The highest BCUT2D eigenvalue weighted by Gasteiger charge is 2.26. The van der Waals surface area contributed by atoms with Crippen LogP contribution in [0.1, 0.15) is 19.8 Å². The first-order valence-electron chi connectivity index (χ1n) is 6.10. The fourth-order valence-electron chi connectivity index (χ4n) is 1.27. The van der Waals surface area contributed by atoms with Crippen LogP contribution in [0.3, 0.4) is 0 Å². The zero-order valence-electron chi connectivity index (χ0n) is 11.4. The second-order valence-corrected chi connectivity index (χ2v) is 4.35. The summed E-state index contributed by atoms with van der Waals surface area (Å²) < 4.78 is 0. The van der Waals surface area contributed by atoms with Crippen molar-refractivity contribution in [2.45, 2.75) is 37.9 Å². The van der Waals surface area contributed by atoms with Crippen molar-refractivity contribution in [2.75, 3.05) is 6.61 Å². The van der Waals surface area contributed by atoms with Crippen LogP contribution < -0.4 is 16.4 Å². The summed E-state index contributed by atoms with van der Waals surface area (Å²) in [4.78, 5) is 44.5. The van der Waals surface area contributed by atoms with E-state index in [-0.39, 0.29) is 6.42 Å². The van der Waals surface area contributed by atoms with Gasteiger partial charge in [0.15, 0.2) is 0 Å². The number of carbonyl (C=O) groups is 4. The summed E-state index contributed by atoms with van der Waals surface area (Å²) in [5, 5.41) is 30.3. The van der Waals surface area contributed by atoms with Gasteiger partial charge in [0.05, 0.1) is 6.61 Å². The fourth-order valence-corrected chi connectivity index (χ4v) is 1.27. The van der Waals surface area contributed by atoms with Crippen LogP contribution >= 0.6 is 0 Å². The second kappa shape index (κ2) is 8.87. The molecular formula is C11H19N3O7. The van der Waals surface area contributed by atoms with Crippen molar-refractivity contribution in [3.8, 4) is 0 Å². The van der Waals surface area contributed by atoms with Crippen LogP contribution in [0.15, 0.2) is 0 Å². The lowest BCUT2D eigenvalue weighted by molar-refractivity contribution is -0.142. The number of hydrogen-bond acceptors (Lipinski definition) is 6. The summed E-state index contributed by atoms with van der Waals surface area (Å²) in [6.07, 6.45) is -0.647.